The molecular weight excluding hydrogens is 218 g/mol. The van der Waals surface area contributed by atoms with Crippen LogP contribution in [0.15, 0.2) is 30.3 Å². The van der Waals surface area contributed by atoms with Crippen molar-refractivity contribution in [3.63, 3.8) is 0 Å². The van der Waals surface area contributed by atoms with E-state index in [-0.39, 0.29) is 11.6 Å². The van der Waals surface area contributed by atoms with Gasteiger partial charge in [-0.3, -0.25) is 0 Å². The van der Waals surface area contributed by atoms with E-state index in [9.17, 15) is 4.79 Å². The predicted octanol–water partition coefficient (Wildman–Crippen LogP) is 1.73. The van der Waals surface area contributed by atoms with E-state index in [1.807, 2.05) is 31.2 Å². The molecule has 1 aromatic carbocycles. The summed E-state index contributed by atoms with van der Waals surface area (Å²) in [5.41, 5.74) is 7.82. The second-order valence-electron chi connectivity index (χ2n) is 3.67. The number of carbonyl (C=O) groups is 1. The molecule has 0 bridgehead atoms. The number of nitrogen functional groups attached to an aromatic ring is 1. The second-order valence-corrected chi connectivity index (χ2v) is 3.67. The lowest BCUT2D eigenvalue weighted by atomic mass is 10.1. The third kappa shape index (κ3) is 2.39. The van der Waals surface area contributed by atoms with Gasteiger partial charge in [0.1, 0.15) is 0 Å². The quantitative estimate of drug-likeness (QED) is 0.818. The van der Waals surface area contributed by atoms with Crippen molar-refractivity contribution in [2.24, 2.45) is 0 Å². The zero-order valence-corrected chi connectivity index (χ0v) is 9.21. The van der Waals surface area contributed by atoms with Crippen molar-refractivity contribution in [1.29, 1.82) is 0 Å². The zero-order valence-electron chi connectivity index (χ0n) is 9.21. The topological polar surface area (TPSA) is 89.1 Å². The van der Waals surface area contributed by atoms with Gasteiger partial charge < -0.3 is 10.8 Å². The highest BCUT2D eigenvalue weighted by Gasteiger charge is 2.09. The molecule has 0 radical (unpaired) electrons. The van der Waals surface area contributed by atoms with Crippen LogP contribution in [0, 0.1) is 6.92 Å². The SMILES string of the molecule is Cc1ccc(-c2cc(C(=O)O)nc(N)n2)cc1. The highest BCUT2D eigenvalue weighted by Crippen LogP contribution is 2.19. The fraction of sp³-hybridized carbons (Fsp3) is 0.0833. The Balaban J connectivity index is 2.51. The first-order chi connectivity index (χ1) is 8.06. The summed E-state index contributed by atoms with van der Waals surface area (Å²) in [5, 5.41) is 8.88. The monoisotopic (exact) mass is 229 g/mol. The van der Waals surface area contributed by atoms with Gasteiger partial charge in [0.15, 0.2) is 5.69 Å². The van der Waals surface area contributed by atoms with Crippen LogP contribution < -0.4 is 5.73 Å². The van der Waals surface area contributed by atoms with Crippen LogP contribution in [0.25, 0.3) is 11.3 Å². The Morgan fingerprint density at radius 1 is 1.24 bits per heavy atom. The molecule has 17 heavy (non-hydrogen) atoms. The highest BCUT2D eigenvalue weighted by atomic mass is 16.4. The van der Waals surface area contributed by atoms with Gasteiger partial charge in [-0.1, -0.05) is 29.8 Å². The first-order valence-corrected chi connectivity index (χ1v) is 5.01. The first-order valence-electron chi connectivity index (χ1n) is 5.01. The maximum Gasteiger partial charge on any atom is 0.354 e. The number of hydrogen-bond acceptors (Lipinski definition) is 4. The van der Waals surface area contributed by atoms with Crippen LogP contribution in [0.1, 0.15) is 16.1 Å². The Morgan fingerprint density at radius 3 is 2.47 bits per heavy atom. The van der Waals surface area contributed by atoms with Crippen molar-refractivity contribution in [2.45, 2.75) is 6.92 Å². The van der Waals surface area contributed by atoms with Gasteiger partial charge in [-0.25, -0.2) is 14.8 Å². The maximum atomic E-state index is 10.8. The molecule has 0 atom stereocenters. The van der Waals surface area contributed by atoms with Gasteiger partial charge in [0.25, 0.3) is 0 Å². The molecule has 0 unspecified atom stereocenters. The van der Waals surface area contributed by atoms with Gasteiger partial charge >= 0.3 is 5.97 Å². The van der Waals surface area contributed by atoms with Crippen molar-refractivity contribution in [3.05, 3.63) is 41.6 Å². The molecule has 1 aromatic heterocycles. The minimum atomic E-state index is -1.12. The summed E-state index contributed by atoms with van der Waals surface area (Å²) in [7, 11) is 0. The maximum absolute atomic E-state index is 10.8. The van der Waals surface area contributed by atoms with E-state index in [4.69, 9.17) is 10.8 Å². The van der Waals surface area contributed by atoms with E-state index in [2.05, 4.69) is 9.97 Å². The summed E-state index contributed by atoms with van der Waals surface area (Å²) in [6.45, 7) is 1.97. The predicted molar refractivity (Wildman–Crippen MR) is 63.6 cm³/mol. The summed E-state index contributed by atoms with van der Waals surface area (Å²) in [5.74, 6) is -1.16. The number of hydrogen-bond donors (Lipinski definition) is 2. The molecule has 0 aliphatic rings. The van der Waals surface area contributed by atoms with E-state index in [1.165, 1.54) is 6.07 Å². The van der Waals surface area contributed by atoms with Gasteiger partial charge in [-0.15, -0.1) is 0 Å². The number of benzene rings is 1. The van der Waals surface area contributed by atoms with Crippen LogP contribution in [-0.4, -0.2) is 21.0 Å². The fourth-order valence-electron chi connectivity index (χ4n) is 1.45. The lowest BCUT2D eigenvalue weighted by Crippen LogP contribution is -2.06. The fourth-order valence-corrected chi connectivity index (χ4v) is 1.45. The normalized spacial score (nSPS) is 10.2. The van der Waals surface area contributed by atoms with E-state index in [0.29, 0.717) is 5.69 Å². The minimum Gasteiger partial charge on any atom is -0.477 e. The Kier molecular flexibility index (Phi) is 2.74. The van der Waals surface area contributed by atoms with Crippen molar-refractivity contribution < 1.29 is 9.90 Å². The molecule has 3 N–H and O–H groups in total. The number of anilines is 1. The van der Waals surface area contributed by atoms with Crippen LogP contribution in [-0.2, 0) is 0 Å². The molecule has 5 nitrogen and oxygen atoms in total. The molecule has 0 fully saturated rings. The Labute approximate surface area is 98.0 Å². The number of nitrogens with zero attached hydrogens (tertiary/aromatic N) is 2. The number of aromatic nitrogens is 2. The standard InChI is InChI=1S/C12H11N3O2/c1-7-2-4-8(5-3-7)9-6-10(11(16)17)15-12(13)14-9/h2-6H,1H3,(H,16,17)(H2,13,14,15). The minimum absolute atomic E-state index is 0.0412. The van der Waals surface area contributed by atoms with Gasteiger partial charge in [0.05, 0.1) is 5.69 Å². The number of carboxylic acid groups (broad SMARTS) is 1. The molecule has 0 saturated carbocycles. The molecule has 1 heterocycles. The largest absolute Gasteiger partial charge is 0.477 e. The third-order valence-corrected chi connectivity index (χ3v) is 2.31. The Hall–Kier alpha value is -2.43. The molecule has 0 spiro atoms. The molecule has 0 aliphatic heterocycles. The lowest BCUT2D eigenvalue weighted by molar-refractivity contribution is 0.0690. The van der Waals surface area contributed by atoms with E-state index in [1.54, 1.807) is 0 Å². The van der Waals surface area contributed by atoms with E-state index in [0.717, 1.165) is 11.1 Å². The number of rotatable bonds is 2. The second kappa shape index (κ2) is 4.21. The molecule has 86 valence electrons. The summed E-state index contributed by atoms with van der Waals surface area (Å²) in [4.78, 5) is 18.5. The molecule has 2 aromatic rings. The first kappa shape index (κ1) is 11.1. The summed E-state index contributed by atoms with van der Waals surface area (Å²) in [6.07, 6.45) is 0. The van der Waals surface area contributed by atoms with E-state index >= 15 is 0 Å². The Morgan fingerprint density at radius 2 is 1.88 bits per heavy atom. The van der Waals surface area contributed by atoms with Crippen molar-refractivity contribution >= 4 is 11.9 Å². The van der Waals surface area contributed by atoms with E-state index < -0.39 is 5.97 Å². The van der Waals surface area contributed by atoms with Gasteiger partial charge in [-0.05, 0) is 13.0 Å². The Bertz CT molecular complexity index is 564. The number of aromatic carboxylic acids is 1. The smallest absolute Gasteiger partial charge is 0.354 e. The third-order valence-electron chi connectivity index (χ3n) is 2.31. The van der Waals surface area contributed by atoms with Crippen molar-refractivity contribution in [3.8, 4) is 11.3 Å². The van der Waals surface area contributed by atoms with Gasteiger partial charge in [-0.2, -0.15) is 0 Å². The van der Waals surface area contributed by atoms with Crippen LogP contribution in [0.5, 0.6) is 0 Å². The molecule has 0 aliphatic carbocycles. The van der Waals surface area contributed by atoms with Gasteiger partial charge in [0.2, 0.25) is 5.95 Å². The summed E-state index contributed by atoms with van der Waals surface area (Å²) in [6, 6.07) is 8.98. The zero-order chi connectivity index (χ0) is 12.4. The average Bonchev–Trinajstić information content (AvgIpc) is 2.29. The average molecular weight is 229 g/mol. The lowest BCUT2D eigenvalue weighted by Gasteiger charge is -2.03. The number of carboxylic acids is 1. The molecule has 2 rings (SSSR count). The summed E-state index contributed by atoms with van der Waals surface area (Å²) >= 11 is 0. The highest BCUT2D eigenvalue weighted by molar-refractivity contribution is 5.87. The molecule has 0 saturated heterocycles. The van der Waals surface area contributed by atoms with Crippen LogP contribution in [0.4, 0.5) is 5.95 Å². The summed E-state index contributed by atoms with van der Waals surface area (Å²) < 4.78 is 0. The van der Waals surface area contributed by atoms with Crippen LogP contribution >= 0.6 is 0 Å². The number of nitrogens with two attached hydrogens (primary N) is 1. The number of aryl methyl sites for hydroxylation is 1. The molecule has 5 heteroatoms. The van der Waals surface area contributed by atoms with Gasteiger partial charge in [0, 0.05) is 5.56 Å². The van der Waals surface area contributed by atoms with Crippen molar-refractivity contribution in [1.82, 2.24) is 9.97 Å². The molecular formula is C12H11N3O2. The molecule has 0 amide bonds. The van der Waals surface area contributed by atoms with Crippen molar-refractivity contribution in [2.75, 3.05) is 5.73 Å². The van der Waals surface area contributed by atoms with Crippen LogP contribution in [0.2, 0.25) is 0 Å². The van der Waals surface area contributed by atoms with Crippen LogP contribution in [0.3, 0.4) is 0 Å².